The van der Waals surface area contributed by atoms with Crippen molar-refractivity contribution in [3.8, 4) is 0 Å². The van der Waals surface area contributed by atoms with Gasteiger partial charge in [0.2, 0.25) is 11.8 Å². The number of carbonyl (C=O) groups is 2. The van der Waals surface area contributed by atoms with Gasteiger partial charge in [0.05, 0.1) is 0 Å². The molecule has 0 saturated carbocycles. The predicted octanol–water partition coefficient (Wildman–Crippen LogP) is 2.20. The molecule has 0 bridgehead atoms. The van der Waals surface area contributed by atoms with E-state index in [9.17, 15) is 9.59 Å². The summed E-state index contributed by atoms with van der Waals surface area (Å²) in [6.45, 7) is 0.778. The minimum absolute atomic E-state index is 0.169. The molecule has 2 amide bonds. The average molecular weight is 310 g/mol. The molecule has 1 aromatic heterocycles. The molecule has 1 aliphatic heterocycles. The highest BCUT2D eigenvalue weighted by molar-refractivity contribution is 6.01. The first-order valence-electron chi connectivity index (χ1n) is 7.51. The number of carbonyl (C=O) groups excluding carboxylic acids is 2. The molecule has 6 heteroatoms. The van der Waals surface area contributed by atoms with Crippen LogP contribution in [0.1, 0.15) is 18.4 Å². The van der Waals surface area contributed by atoms with E-state index >= 15 is 0 Å². The number of hydrogen-bond donors (Lipinski definition) is 1. The lowest BCUT2D eigenvalue weighted by Crippen LogP contribution is -2.23. The van der Waals surface area contributed by atoms with Gasteiger partial charge in [-0.25, -0.2) is 0 Å². The second-order valence-corrected chi connectivity index (χ2v) is 5.44. The van der Waals surface area contributed by atoms with Gasteiger partial charge in [0, 0.05) is 44.0 Å². The highest BCUT2D eigenvalue weighted by Gasteiger charge is 2.21. The first-order chi connectivity index (χ1) is 11.1. The molecule has 0 atom stereocenters. The smallest absolute Gasteiger partial charge is 0.249 e. The number of aromatic nitrogens is 2. The zero-order chi connectivity index (χ0) is 16.2. The molecule has 2 heterocycles. The molecular formula is C17H18N4O2. The lowest BCUT2D eigenvalue weighted by molar-refractivity contribution is -0.117. The normalized spacial score (nSPS) is 14.7. The van der Waals surface area contributed by atoms with Crippen LogP contribution in [0.3, 0.4) is 0 Å². The maximum absolute atomic E-state index is 11.8. The van der Waals surface area contributed by atoms with Crippen LogP contribution < -0.4 is 10.2 Å². The molecule has 1 saturated heterocycles. The number of anilines is 2. The summed E-state index contributed by atoms with van der Waals surface area (Å²) in [6.07, 6.45) is 6.49. The summed E-state index contributed by atoms with van der Waals surface area (Å²) < 4.78 is 1.62. The predicted molar refractivity (Wildman–Crippen MR) is 88.9 cm³/mol. The lowest BCUT2D eigenvalue weighted by atomic mass is 10.2. The maximum Gasteiger partial charge on any atom is 0.249 e. The van der Waals surface area contributed by atoms with Crippen molar-refractivity contribution in [3.63, 3.8) is 0 Å². The molecule has 6 nitrogen and oxygen atoms in total. The molecule has 0 aliphatic carbocycles. The Morgan fingerprint density at radius 1 is 1.26 bits per heavy atom. The third-order valence-corrected chi connectivity index (χ3v) is 3.67. The standard InChI is InChI=1S/C17H18N4O2/c1-20-12-10-15(19-20)18-16(22)9-6-13-4-7-14(8-5-13)21-11-2-3-17(21)23/h4-10,12H,2-3,11H2,1H3,(H,18,19,22)/b9-6+. The van der Waals surface area contributed by atoms with Crippen molar-refractivity contribution in [2.45, 2.75) is 12.8 Å². The van der Waals surface area contributed by atoms with E-state index < -0.39 is 0 Å². The molecule has 0 unspecified atom stereocenters. The van der Waals surface area contributed by atoms with Crippen molar-refractivity contribution in [1.29, 1.82) is 0 Å². The molecule has 118 valence electrons. The number of nitrogens with zero attached hydrogens (tertiary/aromatic N) is 3. The van der Waals surface area contributed by atoms with Gasteiger partial charge >= 0.3 is 0 Å². The zero-order valence-corrected chi connectivity index (χ0v) is 12.9. The van der Waals surface area contributed by atoms with Crippen LogP contribution >= 0.6 is 0 Å². The monoisotopic (exact) mass is 310 g/mol. The van der Waals surface area contributed by atoms with Gasteiger partial charge in [-0.1, -0.05) is 12.1 Å². The van der Waals surface area contributed by atoms with Crippen LogP contribution in [0.15, 0.2) is 42.6 Å². The van der Waals surface area contributed by atoms with Crippen molar-refractivity contribution in [2.75, 3.05) is 16.8 Å². The minimum Gasteiger partial charge on any atom is -0.312 e. The Kier molecular flexibility index (Phi) is 4.23. The number of benzene rings is 1. The van der Waals surface area contributed by atoms with Crippen LogP contribution in [0.5, 0.6) is 0 Å². The highest BCUT2D eigenvalue weighted by Crippen LogP contribution is 2.21. The minimum atomic E-state index is -0.234. The van der Waals surface area contributed by atoms with E-state index in [1.54, 1.807) is 35.0 Å². The van der Waals surface area contributed by atoms with Gasteiger partial charge in [0.25, 0.3) is 0 Å². The lowest BCUT2D eigenvalue weighted by Gasteiger charge is -2.15. The summed E-state index contributed by atoms with van der Waals surface area (Å²) in [7, 11) is 1.79. The van der Waals surface area contributed by atoms with Gasteiger partial charge < -0.3 is 10.2 Å². The fraction of sp³-hybridized carbons (Fsp3) is 0.235. The Morgan fingerprint density at radius 2 is 2.04 bits per heavy atom. The van der Waals surface area contributed by atoms with E-state index in [-0.39, 0.29) is 11.8 Å². The van der Waals surface area contributed by atoms with Crippen LogP contribution in [-0.4, -0.2) is 28.1 Å². The number of aryl methyl sites for hydroxylation is 1. The molecule has 1 N–H and O–H groups in total. The Hall–Kier alpha value is -2.89. The quantitative estimate of drug-likeness (QED) is 0.880. The molecule has 0 radical (unpaired) electrons. The highest BCUT2D eigenvalue weighted by atomic mass is 16.2. The average Bonchev–Trinajstić information content (AvgIpc) is 3.14. The van der Waals surface area contributed by atoms with Crippen LogP contribution in [0.4, 0.5) is 11.5 Å². The molecule has 2 aromatic rings. The number of nitrogens with one attached hydrogen (secondary N) is 1. The van der Waals surface area contributed by atoms with E-state index in [0.717, 1.165) is 24.2 Å². The van der Waals surface area contributed by atoms with Crippen molar-refractivity contribution < 1.29 is 9.59 Å². The molecule has 1 aromatic carbocycles. The van der Waals surface area contributed by atoms with Crippen LogP contribution in [0, 0.1) is 0 Å². The first-order valence-corrected chi connectivity index (χ1v) is 7.51. The summed E-state index contributed by atoms with van der Waals surface area (Å²) in [5, 5.41) is 6.77. The van der Waals surface area contributed by atoms with E-state index in [4.69, 9.17) is 0 Å². The van der Waals surface area contributed by atoms with Crippen LogP contribution in [0.2, 0.25) is 0 Å². The Morgan fingerprint density at radius 3 is 2.65 bits per heavy atom. The fourth-order valence-corrected chi connectivity index (χ4v) is 2.51. The van der Waals surface area contributed by atoms with Gasteiger partial charge in [-0.2, -0.15) is 5.10 Å². The van der Waals surface area contributed by atoms with Gasteiger partial charge in [-0.15, -0.1) is 0 Å². The molecule has 1 aliphatic rings. The van der Waals surface area contributed by atoms with Crippen molar-refractivity contribution in [1.82, 2.24) is 9.78 Å². The Bertz CT molecular complexity index is 746. The Labute approximate surface area is 134 Å². The number of amides is 2. The summed E-state index contributed by atoms with van der Waals surface area (Å²) in [4.78, 5) is 25.3. The van der Waals surface area contributed by atoms with Gasteiger partial charge in [0.15, 0.2) is 5.82 Å². The molecular weight excluding hydrogens is 292 g/mol. The van der Waals surface area contributed by atoms with Gasteiger partial charge in [0.1, 0.15) is 0 Å². The van der Waals surface area contributed by atoms with Gasteiger partial charge in [-0.05, 0) is 30.2 Å². The van der Waals surface area contributed by atoms with E-state index in [1.165, 1.54) is 6.08 Å². The third kappa shape index (κ3) is 3.66. The summed E-state index contributed by atoms with van der Waals surface area (Å²) in [5.41, 5.74) is 1.80. The van der Waals surface area contributed by atoms with Crippen molar-refractivity contribution in [2.24, 2.45) is 7.05 Å². The molecule has 0 spiro atoms. The second kappa shape index (κ2) is 6.48. The summed E-state index contributed by atoms with van der Waals surface area (Å²) >= 11 is 0. The topological polar surface area (TPSA) is 67.2 Å². The second-order valence-electron chi connectivity index (χ2n) is 5.44. The number of rotatable bonds is 4. The third-order valence-electron chi connectivity index (χ3n) is 3.67. The molecule has 23 heavy (non-hydrogen) atoms. The maximum atomic E-state index is 11.8. The Balaban J connectivity index is 1.61. The van der Waals surface area contributed by atoms with E-state index in [0.29, 0.717) is 12.2 Å². The molecule has 3 rings (SSSR count). The summed E-state index contributed by atoms with van der Waals surface area (Å²) in [6, 6.07) is 9.32. The largest absolute Gasteiger partial charge is 0.312 e. The zero-order valence-electron chi connectivity index (χ0n) is 12.9. The SMILES string of the molecule is Cn1ccc(NC(=O)/C=C/c2ccc(N3CCCC3=O)cc2)n1. The summed E-state index contributed by atoms with van der Waals surface area (Å²) in [5.74, 6) is 0.454. The van der Waals surface area contributed by atoms with Crippen LogP contribution in [0.25, 0.3) is 6.08 Å². The first kappa shape index (κ1) is 15.0. The molecule has 1 fully saturated rings. The van der Waals surface area contributed by atoms with E-state index in [2.05, 4.69) is 10.4 Å². The number of hydrogen-bond acceptors (Lipinski definition) is 3. The van der Waals surface area contributed by atoms with Crippen LogP contribution in [-0.2, 0) is 16.6 Å². The fourth-order valence-electron chi connectivity index (χ4n) is 2.51. The van der Waals surface area contributed by atoms with E-state index in [1.807, 2.05) is 24.3 Å². The van der Waals surface area contributed by atoms with Crippen molar-refractivity contribution in [3.05, 3.63) is 48.2 Å². The van der Waals surface area contributed by atoms with Gasteiger partial charge in [-0.3, -0.25) is 14.3 Å². The van der Waals surface area contributed by atoms with Crippen molar-refractivity contribution >= 4 is 29.4 Å².